The molecule has 0 spiro atoms. The second kappa shape index (κ2) is 5.73. The molecule has 21 heavy (non-hydrogen) atoms. The van der Waals surface area contributed by atoms with Crippen LogP contribution in [0.5, 0.6) is 0 Å². The van der Waals surface area contributed by atoms with Gasteiger partial charge in [-0.25, -0.2) is 4.98 Å². The van der Waals surface area contributed by atoms with Gasteiger partial charge in [0.05, 0.1) is 23.1 Å². The topological polar surface area (TPSA) is 47.8 Å². The van der Waals surface area contributed by atoms with Crippen molar-refractivity contribution in [2.45, 2.75) is 18.8 Å². The molecule has 0 saturated carbocycles. The molecule has 0 aliphatic rings. The highest BCUT2D eigenvalue weighted by Gasteiger charge is 2.18. The molecule has 110 valence electrons. The maximum atomic E-state index is 11.6. The molecule has 0 radical (unpaired) electrons. The van der Waals surface area contributed by atoms with Crippen molar-refractivity contribution in [1.82, 2.24) is 14.5 Å². The number of halogens is 1. The van der Waals surface area contributed by atoms with Crippen molar-refractivity contribution in [3.8, 4) is 0 Å². The lowest BCUT2D eigenvalue weighted by Crippen LogP contribution is -2.15. The third-order valence-electron chi connectivity index (χ3n) is 3.53. The minimum absolute atomic E-state index is 0.0698. The summed E-state index contributed by atoms with van der Waals surface area (Å²) < 4.78 is 13.7. The molecule has 0 amide bonds. The Morgan fingerprint density at radius 2 is 2.10 bits per heavy atom. The Balaban J connectivity index is 2.33. The van der Waals surface area contributed by atoms with Crippen LogP contribution >= 0.6 is 11.6 Å². The van der Waals surface area contributed by atoms with Crippen LogP contribution in [-0.4, -0.2) is 30.8 Å². The predicted molar refractivity (Wildman–Crippen MR) is 88.2 cm³/mol. The number of nitrogens with zero attached hydrogens (tertiary/aromatic N) is 3. The monoisotopic (exact) mass is 321 g/mol. The van der Waals surface area contributed by atoms with Gasteiger partial charge in [0.1, 0.15) is 11.3 Å². The first-order valence-corrected chi connectivity index (χ1v) is 8.98. The van der Waals surface area contributed by atoms with Crippen LogP contribution in [0, 0.1) is 0 Å². The van der Waals surface area contributed by atoms with Gasteiger partial charge in [-0.3, -0.25) is 9.19 Å². The Kier molecular flexibility index (Phi) is 3.95. The Labute approximate surface area is 130 Å². The van der Waals surface area contributed by atoms with Gasteiger partial charge in [0, 0.05) is 34.2 Å². The number of hydrogen-bond acceptors (Lipinski definition) is 3. The average Bonchev–Trinajstić information content (AvgIpc) is 2.85. The van der Waals surface area contributed by atoms with Gasteiger partial charge in [-0.15, -0.1) is 11.6 Å². The zero-order chi connectivity index (χ0) is 15.0. The molecule has 0 aliphatic carbocycles. The molecule has 6 heteroatoms. The highest BCUT2D eigenvalue weighted by atomic mass is 35.5. The number of aromatic nitrogens is 3. The summed E-state index contributed by atoms with van der Waals surface area (Å²) in [5.41, 5.74) is 2.78. The van der Waals surface area contributed by atoms with Crippen molar-refractivity contribution in [3.63, 3.8) is 0 Å². The lowest BCUT2D eigenvalue weighted by Gasteiger charge is -2.16. The summed E-state index contributed by atoms with van der Waals surface area (Å²) in [5.74, 6) is 1.69. The van der Waals surface area contributed by atoms with Crippen LogP contribution in [0.2, 0.25) is 0 Å². The third-order valence-corrected chi connectivity index (χ3v) is 4.72. The van der Waals surface area contributed by atoms with E-state index in [9.17, 15) is 4.21 Å². The molecule has 0 aliphatic heterocycles. The number of hydrogen-bond donors (Lipinski definition) is 0. The van der Waals surface area contributed by atoms with Crippen LogP contribution in [-0.2, 0) is 16.7 Å². The molecule has 2 heterocycles. The minimum Gasteiger partial charge on any atom is -0.323 e. The van der Waals surface area contributed by atoms with E-state index in [0.29, 0.717) is 11.6 Å². The Bertz CT molecular complexity index is 830. The molecule has 2 aromatic heterocycles. The minimum atomic E-state index is -0.874. The van der Waals surface area contributed by atoms with Gasteiger partial charge in [-0.2, -0.15) is 0 Å². The fourth-order valence-electron chi connectivity index (χ4n) is 2.76. The molecular weight excluding hydrogens is 306 g/mol. The number of imidazole rings is 1. The first kappa shape index (κ1) is 14.5. The van der Waals surface area contributed by atoms with Crippen LogP contribution in [0.4, 0.5) is 0 Å². The molecule has 3 rings (SSSR count). The molecule has 0 saturated heterocycles. The van der Waals surface area contributed by atoms with Gasteiger partial charge in [0.2, 0.25) is 0 Å². The maximum absolute atomic E-state index is 11.6. The van der Waals surface area contributed by atoms with E-state index in [-0.39, 0.29) is 6.04 Å². The molecule has 1 aromatic carbocycles. The fraction of sp³-hybridized carbons (Fsp3) is 0.333. The quantitative estimate of drug-likeness (QED) is 0.693. The van der Waals surface area contributed by atoms with Crippen molar-refractivity contribution < 1.29 is 4.21 Å². The average molecular weight is 322 g/mol. The molecular formula is C15H16ClN3OS. The smallest absolute Gasteiger partial charge is 0.125 e. The van der Waals surface area contributed by atoms with Crippen molar-refractivity contribution >= 4 is 44.3 Å². The molecule has 3 aromatic rings. The SMILES string of the molecule is CC(CS(C)=O)n1c(CCl)nc2cnc3ccccc3c21. The van der Waals surface area contributed by atoms with Crippen molar-refractivity contribution in [2.24, 2.45) is 0 Å². The maximum Gasteiger partial charge on any atom is 0.125 e. The molecule has 2 atom stereocenters. The summed E-state index contributed by atoms with van der Waals surface area (Å²) in [4.78, 5) is 9.02. The summed E-state index contributed by atoms with van der Waals surface area (Å²) in [6.45, 7) is 2.05. The lowest BCUT2D eigenvalue weighted by atomic mass is 10.2. The Morgan fingerprint density at radius 3 is 2.81 bits per heavy atom. The Morgan fingerprint density at radius 1 is 1.33 bits per heavy atom. The van der Waals surface area contributed by atoms with E-state index in [0.717, 1.165) is 27.8 Å². The van der Waals surface area contributed by atoms with Gasteiger partial charge in [-0.05, 0) is 13.0 Å². The lowest BCUT2D eigenvalue weighted by molar-refractivity contribution is 0.595. The zero-order valence-corrected chi connectivity index (χ0v) is 13.5. The fourth-order valence-corrected chi connectivity index (χ4v) is 3.77. The first-order valence-electron chi connectivity index (χ1n) is 6.72. The van der Waals surface area contributed by atoms with Gasteiger partial charge >= 0.3 is 0 Å². The van der Waals surface area contributed by atoms with Gasteiger partial charge in [0.25, 0.3) is 0 Å². The molecule has 0 N–H and O–H groups in total. The van der Waals surface area contributed by atoms with Crippen molar-refractivity contribution in [3.05, 3.63) is 36.3 Å². The van der Waals surface area contributed by atoms with Crippen LogP contribution in [0.25, 0.3) is 21.9 Å². The predicted octanol–water partition coefficient (Wildman–Crippen LogP) is 3.26. The summed E-state index contributed by atoms with van der Waals surface area (Å²) in [7, 11) is -0.874. The van der Waals surface area contributed by atoms with Crippen molar-refractivity contribution in [2.75, 3.05) is 12.0 Å². The van der Waals surface area contributed by atoms with Crippen LogP contribution in [0.1, 0.15) is 18.8 Å². The third kappa shape index (κ3) is 2.56. The van der Waals surface area contributed by atoms with E-state index < -0.39 is 10.8 Å². The number of para-hydroxylation sites is 1. The van der Waals surface area contributed by atoms with E-state index in [1.165, 1.54) is 0 Å². The van der Waals surface area contributed by atoms with E-state index in [1.54, 1.807) is 12.5 Å². The highest BCUT2D eigenvalue weighted by Crippen LogP contribution is 2.28. The standard InChI is InChI=1S/C15H16ClN3OS/c1-10(9-21(2)20)19-14(7-16)18-13-8-17-12-6-4-3-5-11(12)15(13)19/h3-6,8,10H,7,9H2,1-2H3. The Hall–Kier alpha value is -1.46. The van der Waals surface area contributed by atoms with Crippen LogP contribution in [0.3, 0.4) is 0 Å². The molecule has 0 fully saturated rings. The van der Waals surface area contributed by atoms with Crippen LogP contribution < -0.4 is 0 Å². The van der Waals surface area contributed by atoms with E-state index >= 15 is 0 Å². The second-order valence-electron chi connectivity index (χ2n) is 5.13. The number of alkyl halides is 1. The zero-order valence-electron chi connectivity index (χ0n) is 11.9. The number of benzene rings is 1. The van der Waals surface area contributed by atoms with Crippen LogP contribution in [0.15, 0.2) is 30.5 Å². The highest BCUT2D eigenvalue weighted by molar-refractivity contribution is 7.84. The van der Waals surface area contributed by atoms with Gasteiger partial charge in [0.15, 0.2) is 0 Å². The largest absolute Gasteiger partial charge is 0.323 e. The second-order valence-corrected chi connectivity index (χ2v) is 6.88. The first-order chi connectivity index (χ1) is 10.1. The number of fused-ring (bicyclic) bond motifs is 3. The summed E-state index contributed by atoms with van der Waals surface area (Å²) >= 11 is 6.06. The summed E-state index contributed by atoms with van der Waals surface area (Å²) in [5, 5.41) is 1.05. The van der Waals surface area contributed by atoms with E-state index in [4.69, 9.17) is 11.6 Å². The van der Waals surface area contributed by atoms with Crippen molar-refractivity contribution in [1.29, 1.82) is 0 Å². The summed E-state index contributed by atoms with van der Waals surface area (Å²) in [6, 6.07) is 8.05. The molecule has 4 nitrogen and oxygen atoms in total. The van der Waals surface area contributed by atoms with Gasteiger partial charge in [-0.1, -0.05) is 18.2 Å². The van der Waals surface area contributed by atoms with E-state index in [1.807, 2.05) is 31.2 Å². The summed E-state index contributed by atoms with van der Waals surface area (Å²) in [6.07, 6.45) is 3.50. The van der Waals surface area contributed by atoms with E-state index in [2.05, 4.69) is 14.5 Å². The number of rotatable bonds is 4. The normalized spacial score (nSPS) is 14.6. The number of pyridine rings is 1. The molecule has 2 unspecified atom stereocenters. The molecule has 0 bridgehead atoms. The van der Waals surface area contributed by atoms with Gasteiger partial charge < -0.3 is 4.57 Å².